The molecule has 5 nitrogen and oxygen atoms in total. The molecule has 0 saturated carbocycles. The lowest BCUT2D eigenvalue weighted by Gasteiger charge is -2.14. The number of nitrogens with one attached hydrogen (secondary N) is 1. The minimum absolute atomic E-state index is 0.156. The number of ether oxygens (including phenoxy) is 1. The molecule has 1 atom stereocenters. The maximum atomic E-state index is 10.5. The van der Waals surface area contributed by atoms with Gasteiger partial charge in [0.25, 0.3) is 0 Å². The smallest absolute Gasteiger partial charge is 0.203 e. The van der Waals surface area contributed by atoms with Gasteiger partial charge < -0.3 is 19.0 Å². The second-order valence-electron chi connectivity index (χ2n) is 6.70. The predicted octanol–water partition coefficient (Wildman–Crippen LogP) is 4.21. The molecule has 0 spiro atoms. The van der Waals surface area contributed by atoms with Crippen molar-refractivity contribution in [3.63, 3.8) is 0 Å². The Labute approximate surface area is 164 Å². The zero-order valence-corrected chi connectivity index (χ0v) is 16.3. The summed E-state index contributed by atoms with van der Waals surface area (Å²) in [5.41, 5.74) is 2.41. The normalized spacial score (nSPS) is 12.4. The number of halogens is 1. The van der Waals surface area contributed by atoms with E-state index < -0.39 is 6.10 Å². The number of imidazole rings is 1. The molecular formula is C21H26ClN3O2. The summed E-state index contributed by atoms with van der Waals surface area (Å²) in [5.74, 6) is 0.663. The lowest BCUT2D eigenvalue weighted by atomic mass is 10.2. The van der Waals surface area contributed by atoms with Crippen LogP contribution in [0, 0.1) is 5.41 Å². The lowest BCUT2D eigenvalue weighted by molar-refractivity contribution is 0.0921. The zero-order valence-electron chi connectivity index (χ0n) is 15.6. The van der Waals surface area contributed by atoms with Crippen LogP contribution >= 0.6 is 11.6 Å². The highest BCUT2D eigenvalue weighted by molar-refractivity contribution is 6.30. The van der Waals surface area contributed by atoms with Gasteiger partial charge in [-0.05, 0) is 42.8 Å². The Kier molecular flexibility index (Phi) is 6.58. The van der Waals surface area contributed by atoms with Gasteiger partial charge in [0.1, 0.15) is 18.5 Å². The van der Waals surface area contributed by atoms with Gasteiger partial charge in [-0.1, -0.05) is 43.5 Å². The Hall–Kier alpha value is -2.24. The van der Waals surface area contributed by atoms with Crippen molar-refractivity contribution in [1.82, 2.24) is 9.13 Å². The minimum Gasteiger partial charge on any atom is -0.491 e. The maximum Gasteiger partial charge on any atom is 0.203 e. The number of aliphatic hydroxyl groups is 1. The van der Waals surface area contributed by atoms with Crippen molar-refractivity contribution < 1.29 is 9.84 Å². The van der Waals surface area contributed by atoms with Crippen LogP contribution in [0.5, 0.6) is 5.75 Å². The highest BCUT2D eigenvalue weighted by Crippen LogP contribution is 2.17. The number of para-hydroxylation sites is 2. The first-order valence-electron chi connectivity index (χ1n) is 9.39. The fourth-order valence-corrected chi connectivity index (χ4v) is 3.34. The van der Waals surface area contributed by atoms with Gasteiger partial charge in [-0.15, -0.1) is 0 Å². The number of aliphatic hydroxyl groups excluding tert-OH is 1. The average Bonchev–Trinajstić information content (AvgIpc) is 2.94. The number of hydrogen-bond donors (Lipinski definition) is 2. The van der Waals surface area contributed by atoms with Crippen molar-refractivity contribution in [2.45, 2.75) is 45.4 Å². The van der Waals surface area contributed by atoms with Gasteiger partial charge in [-0.25, -0.2) is 0 Å². The Bertz CT molecular complexity index is 931. The van der Waals surface area contributed by atoms with E-state index in [9.17, 15) is 5.11 Å². The van der Waals surface area contributed by atoms with Crippen LogP contribution in [0.2, 0.25) is 5.02 Å². The monoisotopic (exact) mass is 387 g/mol. The maximum absolute atomic E-state index is 10.5. The van der Waals surface area contributed by atoms with Crippen LogP contribution in [-0.4, -0.2) is 27.0 Å². The van der Waals surface area contributed by atoms with E-state index in [1.807, 2.05) is 33.4 Å². The van der Waals surface area contributed by atoms with E-state index in [2.05, 4.69) is 6.92 Å². The Morgan fingerprint density at radius 1 is 1.04 bits per heavy atom. The summed E-state index contributed by atoms with van der Waals surface area (Å²) in [4.78, 5) is 0. The third-order valence-electron chi connectivity index (χ3n) is 4.61. The highest BCUT2D eigenvalue weighted by atomic mass is 35.5. The molecule has 0 aliphatic carbocycles. The molecule has 1 heterocycles. The molecule has 2 N–H and O–H groups in total. The van der Waals surface area contributed by atoms with Crippen molar-refractivity contribution in [3.8, 4) is 5.75 Å². The molecule has 2 aromatic carbocycles. The number of unbranched alkanes of at least 4 members (excludes halogenated alkanes) is 2. The van der Waals surface area contributed by atoms with E-state index in [0.717, 1.165) is 36.8 Å². The Balaban J connectivity index is 1.74. The average molecular weight is 388 g/mol. The molecule has 0 unspecified atom stereocenters. The van der Waals surface area contributed by atoms with Gasteiger partial charge in [-0.3, -0.25) is 5.41 Å². The van der Waals surface area contributed by atoms with Crippen LogP contribution in [-0.2, 0) is 13.1 Å². The summed E-state index contributed by atoms with van der Waals surface area (Å²) in [5, 5.41) is 19.7. The van der Waals surface area contributed by atoms with Crippen LogP contribution in [0.1, 0.15) is 26.2 Å². The van der Waals surface area contributed by atoms with Crippen molar-refractivity contribution in [2.24, 2.45) is 0 Å². The number of hydrogen-bond acceptors (Lipinski definition) is 3. The van der Waals surface area contributed by atoms with E-state index in [0.29, 0.717) is 22.9 Å². The first-order chi connectivity index (χ1) is 13.1. The summed E-state index contributed by atoms with van der Waals surface area (Å²) in [6.07, 6.45) is 2.62. The highest BCUT2D eigenvalue weighted by Gasteiger charge is 2.14. The van der Waals surface area contributed by atoms with E-state index in [4.69, 9.17) is 21.7 Å². The standard InChI is InChI=1S/C21H26ClN3O2/c1-2-3-6-13-24-19-7-4-5-8-20(19)25(21(24)23)14-17(26)15-27-18-11-9-16(22)10-12-18/h4-5,7-12,17,23,26H,2-3,6,13-15H2,1H3/t17-/m1/s1. The molecule has 0 aliphatic rings. The van der Waals surface area contributed by atoms with Crippen LogP contribution in [0.15, 0.2) is 48.5 Å². The van der Waals surface area contributed by atoms with Crippen molar-refractivity contribution >= 4 is 22.6 Å². The van der Waals surface area contributed by atoms with Gasteiger partial charge in [-0.2, -0.15) is 0 Å². The van der Waals surface area contributed by atoms with E-state index in [1.54, 1.807) is 24.3 Å². The molecule has 3 aromatic rings. The van der Waals surface area contributed by atoms with Crippen molar-refractivity contribution in [1.29, 1.82) is 5.41 Å². The zero-order chi connectivity index (χ0) is 19.2. The fourth-order valence-electron chi connectivity index (χ4n) is 3.21. The van der Waals surface area contributed by atoms with Crippen LogP contribution in [0.4, 0.5) is 0 Å². The van der Waals surface area contributed by atoms with Gasteiger partial charge >= 0.3 is 0 Å². The number of nitrogens with zero attached hydrogens (tertiary/aromatic N) is 2. The summed E-state index contributed by atoms with van der Waals surface area (Å²) in [6.45, 7) is 3.46. The minimum atomic E-state index is -0.718. The molecule has 1 aromatic heterocycles. The number of benzene rings is 2. The molecule has 0 amide bonds. The van der Waals surface area contributed by atoms with Crippen LogP contribution in [0.3, 0.4) is 0 Å². The predicted molar refractivity (Wildman–Crippen MR) is 108 cm³/mol. The van der Waals surface area contributed by atoms with Gasteiger partial charge in [0.05, 0.1) is 17.6 Å². The van der Waals surface area contributed by atoms with E-state index >= 15 is 0 Å². The second kappa shape index (κ2) is 9.11. The van der Waals surface area contributed by atoms with Crippen molar-refractivity contribution in [3.05, 3.63) is 59.2 Å². The Morgan fingerprint density at radius 2 is 1.70 bits per heavy atom. The molecule has 0 aliphatic heterocycles. The summed E-state index contributed by atoms with van der Waals surface area (Å²) < 4.78 is 9.53. The summed E-state index contributed by atoms with van der Waals surface area (Å²) >= 11 is 5.87. The van der Waals surface area contributed by atoms with Crippen LogP contribution < -0.4 is 10.4 Å². The summed E-state index contributed by atoms with van der Waals surface area (Å²) in [6, 6.07) is 15.0. The molecule has 144 valence electrons. The largest absolute Gasteiger partial charge is 0.491 e. The molecule has 3 rings (SSSR count). The first kappa shape index (κ1) is 19.5. The molecule has 0 saturated heterocycles. The molecule has 0 fully saturated rings. The van der Waals surface area contributed by atoms with E-state index in [-0.39, 0.29) is 6.61 Å². The first-order valence-corrected chi connectivity index (χ1v) is 9.77. The van der Waals surface area contributed by atoms with Crippen molar-refractivity contribution in [2.75, 3.05) is 6.61 Å². The lowest BCUT2D eigenvalue weighted by Crippen LogP contribution is -2.31. The quantitative estimate of drug-likeness (QED) is 0.540. The fraction of sp³-hybridized carbons (Fsp3) is 0.381. The van der Waals surface area contributed by atoms with E-state index in [1.165, 1.54) is 0 Å². The van der Waals surface area contributed by atoms with Gasteiger partial charge in [0, 0.05) is 11.6 Å². The number of rotatable bonds is 9. The molecule has 27 heavy (non-hydrogen) atoms. The topological polar surface area (TPSA) is 63.2 Å². The molecule has 0 bridgehead atoms. The van der Waals surface area contributed by atoms with Gasteiger partial charge in [0.15, 0.2) is 0 Å². The number of fused-ring (bicyclic) bond motifs is 1. The molecular weight excluding hydrogens is 362 g/mol. The molecule has 6 heteroatoms. The summed E-state index contributed by atoms with van der Waals surface area (Å²) in [7, 11) is 0. The second-order valence-corrected chi connectivity index (χ2v) is 7.14. The molecule has 0 radical (unpaired) electrons. The van der Waals surface area contributed by atoms with Gasteiger partial charge in [0.2, 0.25) is 5.62 Å². The Morgan fingerprint density at radius 3 is 2.37 bits per heavy atom. The number of aromatic nitrogens is 2. The third kappa shape index (κ3) is 4.73. The number of aryl methyl sites for hydroxylation is 1. The third-order valence-corrected chi connectivity index (χ3v) is 4.86. The SMILES string of the molecule is CCCCCn1c(=N)n(C[C@@H](O)COc2ccc(Cl)cc2)c2ccccc21. The van der Waals surface area contributed by atoms with Crippen LogP contribution in [0.25, 0.3) is 11.0 Å².